The van der Waals surface area contributed by atoms with Gasteiger partial charge in [0.05, 0.1) is 30.9 Å². The van der Waals surface area contributed by atoms with E-state index in [-0.39, 0.29) is 11.3 Å². The van der Waals surface area contributed by atoms with E-state index >= 15 is 0 Å². The first-order valence-corrected chi connectivity index (χ1v) is 6.30. The molecule has 2 rings (SSSR count). The normalized spacial score (nSPS) is 16.7. The van der Waals surface area contributed by atoms with Crippen molar-refractivity contribution in [2.75, 3.05) is 39.3 Å². The number of halogens is 1. The van der Waals surface area contributed by atoms with Gasteiger partial charge < -0.3 is 24.2 Å². The highest BCUT2D eigenvalue weighted by Gasteiger charge is 2.44. The Hall–Kier alpha value is -1.50. The molecule has 0 saturated carbocycles. The fraction of sp³-hybridized carbons (Fsp3) is 0.462. The summed E-state index contributed by atoms with van der Waals surface area (Å²) < 4.78 is 15.7. The third kappa shape index (κ3) is 2.42. The molecule has 0 bridgehead atoms. The maximum absolute atomic E-state index is 11.1. The first-order chi connectivity index (χ1) is 9.46. The van der Waals surface area contributed by atoms with E-state index in [4.69, 9.17) is 30.9 Å². The summed E-state index contributed by atoms with van der Waals surface area (Å²) in [5.41, 5.74) is 0.727. The molecular formula is C13H16ClNO5. The van der Waals surface area contributed by atoms with E-state index in [1.54, 1.807) is 20.3 Å². The average Bonchev–Trinajstić information content (AvgIpc) is 2.39. The molecule has 0 amide bonds. The number of aromatic carboxylic acids is 1. The largest absolute Gasteiger partial charge is 0.496 e. The summed E-state index contributed by atoms with van der Waals surface area (Å²) in [4.78, 5) is 13.0. The van der Waals surface area contributed by atoms with Gasteiger partial charge in [0.25, 0.3) is 0 Å². The molecule has 1 N–H and O–H groups in total. The molecule has 0 radical (unpaired) electrons. The molecular weight excluding hydrogens is 286 g/mol. The molecule has 0 aromatic heterocycles. The van der Waals surface area contributed by atoms with Crippen LogP contribution in [-0.2, 0) is 9.47 Å². The Balaban J connectivity index is 2.29. The average molecular weight is 302 g/mol. The van der Waals surface area contributed by atoms with Crippen molar-refractivity contribution in [2.24, 2.45) is 0 Å². The molecule has 7 heteroatoms. The number of carboxylic acid groups (broad SMARTS) is 1. The van der Waals surface area contributed by atoms with Crippen molar-refractivity contribution < 1.29 is 24.1 Å². The first-order valence-electron chi connectivity index (χ1n) is 5.92. The Morgan fingerprint density at radius 1 is 1.30 bits per heavy atom. The number of benzene rings is 1. The standard InChI is InChI=1S/C13H16ClNO5/c1-18-11-5-10(9(14)4-8(11)12(16)17)15-6-13(7-15,19-2)20-3/h4-5H,6-7H2,1-3H3,(H,16,17). The van der Waals surface area contributed by atoms with Gasteiger partial charge in [-0.3, -0.25) is 0 Å². The minimum Gasteiger partial charge on any atom is -0.496 e. The number of methoxy groups -OCH3 is 3. The lowest BCUT2D eigenvalue weighted by molar-refractivity contribution is -0.219. The summed E-state index contributed by atoms with van der Waals surface area (Å²) in [5.74, 6) is -1.45. The zero-order chi connectivity index (χ0) is 14.9. The van der Waals surface area contributed by atoms with E-state index in [2.05, 4.69) is 0 Å². The van der Waals surface area contributed by atoms with Crippen LogP contribution in [0.5, 0.6) is 5.75 Å². The predicted molar refractivity (Wildman–Crippen MR) is 73.9 cm³/mol. The van der Waals surface area contributed by atoms with Crippen molar-refractivity contribution >= 4 is 23.3 Å². The van der Waals surface area contributed by atoms with E-state index in [9.17, 15) is 4.79 Å². The van der Waals surface area contributed by atoms with Gasteiger partial charge >= 0.3 is 5.97 Å². The second-order valence-corrected chi connectivity index (χ2v) is 4.89. The number of rotatable bonds is 5. The molecule has 1 aromatic rings. The quantitative estimate of drug-likeness (QED) is 0.837. The number of nitrogens with zero attached hydrogens (tertiary/aromatic N) is 1. The molecule has 0 aliphatic carbocycles. The number of anilines is 1. The molecule has 1 aliphatic heterocycles. The summed E-state index contributed by atoms with van der Waals surface area (Å²) in [5, 5.41) is 9.44. The van der Waals surface area contributed by atoms with Gasteiger partial charge in [0.2, 0.25) is 5.79 Å². The van der Waals surface area contributed by atoms with Crippen LogP contribution in [-0.4, -0.2) is 51.3 Å². The molecule has 0 spiro atoms. The van der Waals surface area contributed by atoms with E-state index < -0.39 is 11.8 Å². The van der Waals surface area contributed by atoms with Crippen molar-refractivity contribution in [3.05, 3.63) is 22.7 Å². The van der Waals surface area contributed by atoms with E-state index in [1.807, 2.05) is 4.90 Å². The summed E-state index contributed by atoms with van der Waals surface area (Å²) in [6, 6.07) is 3.00. The van der Waals surface area contributed by atoms with Gasteiger partial charge in [-0.15, -0.1) is 0 Å². The summed E-state index contributed by atoms with van der Waals surface area (Å²) in [6.45, 7) is 1.02. The number of hydrogen-bond acceptors (Lipinski definition) is 5. The summed E-state index contributed by atoms with van der Waals surface area (Å²) in [7, 11) is 4.58. The zero-order valence-electron chi connectivity index (χ0n) is 11.5. The van der Waals surface area contributed by atoms with Gasteiger partial charge in [0.1, 0.15) is 11.3 Å². The van der Waals surface area contributed by atoms with Crippen molar-refractivity contribution in [1.82, 2.24) is 0 Å². The fourth-order valence-corrected chi connectivity index (χ4v) is 2.45. The highest BCUT2D eigenvalue weighted by Crippen LogP contribution is 2.38. The molecule has 0 atom stereocenters. The molecule has 20 heavy (non-hydrogen) atoms. The van der Waals surface area contributed by atoms with Crippen LogP contribution in [0.3, 0.4) is 0 Å². The third-order valence-electron chi connectivity index (χ3n) is 3.45. The molecule has 1 aliphatic rings. The second kappa shape index (κ2) is 5.47. The molecule has 0 unspecified atom stereocenters. The Labute approximate surface area is 121 Å². The Kier molecular flexibility index (Phi) is 4.08. The van der Waals surface area contributed by atoms with E-state index in [1.165, 1.54) is 13.2 Å². The highest BCUT2D eigenvalue weighted by molar-refractivity contribution is 6.33. The molecule has 1 saturated heterocycles. The first kappa shape index (κ1) is 14.9. The Bertz CT molecular complexity index is 522. The number of ether oxygens (including phenoxy) is 3. The van der Waals surface area contributed by atoms with Crippen molar-refractivity contribution in [1.29, 1.82) is 0 Å². The number of carboxylic acids is 1. The van der Waals surface area contributed by atoms with Crippen molar-refractivity contribution in [3.63, 3.8) is 0 Å². The van der Waals surface area contributed by atoms with Crippen LogP contribution in [0.1, 0.15) is 10.4 Å². The second-order valence-electron chi connectivity index (χ2n) is 4.48. The van der Waals surface area contributed by atoms with Crippen LogP contribution in [0, 0.1) is 0 Å². The lowest BCUT2D eigenvalue weighted by atomic mass is 10.0. The van der Waals surface area contributed by atoms with E-state index in [0.29, 0.717) is 23.8 Å². The van der Waals surface area contributed by atoms with Crippen LogP contribution in [0.15, 0.2) is 12.1 Å². The van der Waals surface area contributed by atoms with E-state index in [0.717, 1.165) is 0 Å². The van der Waals surface area contributed by atoms with Crippen LogP contribution >= 0.6 is 11.6 Å². The Morgan fingerprint density at radius 2 is 1.90 bits per heavy atom. The van der Waals surface area contributed by atoms with Crippen LogP contribution in [0.2, 0.25) is 5.02 Å². The number of carbonyl (C=O) groups is 1. The lowest BCUT2D eigenvalue weighted by Gasteiger charge is -2.49. The summed E-state index contributed by atoms with van der Waals surface area (Å²) in [6.07, 6.45) is 0. The highest BCUT2D eigenvalue weighted by atomic mass is 35.5. The van der Waals surface area contributed by atoms with Gasteiger partial charge in [-0.25, -0.2) is 4.79 Å². The SMILES string of the molecule is COc1cc(N2CC(OC)(OC)C2)c(Cl)cc1C(=O)O. The van der Waals surface area contributed by atoms with Gasteiger partial charge in [0, 0.05) is 20.3 Å². The minimum atomic E-state index is -1.08. The smallest absolute Gasteiger partial charge is 0.339 e. The molecule has 1 aromatic carbocycles. The molecule has 1 heterocycles. The number of hydrogen-bond donors (Lipinski definition) is 1. The van der Waals surface area contributed by atoms with Crippen molar-refractivity contribution in [3.8, 4) is 5.75 Å². The zero-order valence-corrected chi connectivity index (χ0v) is 12.2. The molecule has 1 fully saturated rings. The van der Waals surface area contributed by atoms with Crippen LogP contribution in [0.25, 0.3) is 0 Å². The van der Waals surface area contributed by atoms with Crippen molar-refractivity contribution in [2.45, 2.75) is 5.79 Å². The maximum Gasteiger partial charge on any atom is 0.339 e. The van der Waals surface area contributed by atoms with Gasteiger partial charge in [-0.1, -0.05) is 11.6 Å². The van der Waals surface area contributed by atoms with Gasteiger partial charge in [0.15, 0.2) is 0 Å². The van der Waals surface area contributed by atoms with Crippen LogP contribution in [0.4, 0.5) is 5.69 Å². The van der Waals surface area contributed by atoms with Crippen LogP contribution < -0.4 is 9.64 Å². The van der Waals surface area contributed by atoms with Gasteiger partial charge in [-0.05, 0) is 6.07 Å². The lowest BCUT2D eigenvalue weighted by Crippen LogP contribution is -2.64. The maximum atomic E-state index is 11.1. The topological polar surface area (TPSA) is 68.2 Å². The third-order valence-corrected chi connectivity index (χ3v) is 3.75. The monoisotopic (exact) mass is 301 g/mol. The molecule has 6 nitrogen and oxygen atoms in total. The minimum absolute atomic E-state index is 0.0338. The summed E-state index contributed by atoms with van der Waals surface area (Å²) >= 11 is 6.15. The van der Waals surface area contributed by atoms with Gasteiger partial charge in [-0.2, -0.15) is 0 Å². The predicted octanol–water partition coefficient (Wildman–Crippen LogP) is 1.86. The Morgan fingerprint density at radius 3 is 2.35 bits per heavy atom. The molecule has 110 valence electrons. The fourth-order valence-electron chi connectivity index (χ4n) is 2.17.